The van der Waals surface area contributed by atoms with Gasteiger partial charge in [0.15, 0.2) is 11.4 Å². The Kier molecular flexibility index (Phi) is 7.35. The lowest BCUT2D eigenvalue weighted by molar-refractivity contribution is -0.153. The number of likely N-dealkylation sites (N-methyl/N-ethyl adjacent to an activating group) is 1. The zero-order chi connectivity index (χ0) is 31.9. The van der Waals surface area contributed by atoms with Gasteiger partial charge < -0.3 is 36.4 Å². The molecule has 7 N–H and O–H groups in total. The number of fused-ring (bicyclic) bond motifs is 3. The normalized spacial score (nSPS) is 27.6. The third-order valence-electron chi connectivity index (χ3n) is 9.45. The van der Waals surface area contributed by atoms with Gasteiger partial charge in [0, 0.05) is 50.4 Å². The number of aromatic hydroxyl groups is 1. The summed E-state index contributed by atoms with van der Waals surface area (Å²) in [5.41, 5.74) is 2.63. The van der Waals surface area contributed by atoms with Crippen molar-refractivity contribution in [2.75, 3.05) is 51.5 Å². The van der Waals surface area contributed by atoms with Crippen LogP contribution in [-0.2, 0) is 25.6 Å². The number of aliphatic hydroxyl groups is 3. The predicted octanol–water partition coefficient (Wildman–Crippen LogP) is 0.309. The Morgan fingerprint density at radius 2 is 1.74 bits per heavy atom. The van der Waals surface area contributed by atoms with E-state index >= 15 is 0 Å². The van der Waals surface area contributed by atoms with Crippen molar-refractivity contribution in [2.45, 2.75) is 44.4 Å². The number of aliphatic hydroxyl groups excluding tert-OH is 2. The maximum absolute atomic E-state index is 14.1. The highest BCUT2D eigenvalue weighted by molar-refractivity contribution is 6.24. The van der Waals surface area contributed by atoms with Gasteiger partial charge in [0.25, 0.3) is 5.91 Å². The minimum absolute atomic E-state index is 0.00802. The van der Waals surface area contributed by atoms with Gasteiger partial charge in [-0.25, -0.2) is 0 Å². The molecule has 2 amide bonds. The molecule has 1 aromatic rings. The smallest absolute Gasteiger partial charge is 0.255 e. The van der Waals surface area contributed by atoms with E-state index in [9.17, 15) is 39.6 Å². The van der Waals surface area contributed by atoms with Crippen LogP contribution in [0.1, 0.15) is 31.4 Å². The van der Waals surface area contributed by atoms with Crippen LogP contribution < -0.4 is 16.0 Å². The van der Waals surface area contributed by atoms with Gasteiger partial charge >= 0.3 is 0 Å². The van der Waals surface area contributed by atoms with Gasteiger partial charge in [0.2, 0.25) is 11.7 Å². The number of benzene rings is 1. The molecule has 1 saturated heterocycles. The summed E-state index contributed by atoms with van der Waals surface area (Å²) in [5.74, 6) is -7.80. The number of likely N-dealkylation sites (tertiary alicyclic amines) is 1. The molecule has 232 valence electrons. The van der Waals surface area contributed by atoms with Crippen molar-refractivity contribution in [1.82, 2.24) is 9.80 Å². The van der Waals surface area contributed by atoms with Crippen LogP contribution in [0.15, 0.2) is 23.0 Å². The fraction of sp³-hybridized carbons (Fsp3) is 0.533. The molecule has 0 bridgehead atoms. The largest absolute Gasteiger partial charge is 0.508 e. The highest BCUT2D eigenvalue weighted by Gasteiger charge is 2.64. The summed E-state index contributed by atoms with van der Waals surface area (Å²) in [6.45, 7) is 5.22. The van der Waals surface area contributed by atoms with E-state index in [1.807, 2.05) is 13.8 Å². The van der Waals surface area contributed by atoms with E-state index in [1.54, 1.807) is 39.2 Å². The summed E-state index contributed by atoms with van der Waals surface area (Å²) in [7, 11) is 6.63. The van der Waals surface area contributed by atoms with Gasteiger partial charge in [-0.05, 0) is 58.3 Å². The minimum Gasteiger partial charge on any atom is -0.508 e. The van der Waals surface area contributed by atoms with Crippen LogP contribution in [0.4, 0.5) is 11.4 Å². The van der Waals surface area contributed by atoms with Crippen molar-refractivity contribution < 1.29 is 39.6 Å². The van der Waals surface area contributed by atoms with E-state index < -0.39 is 63.8 Å². The fourth-order valence-corrected chi connectivity index (χ4v) is 7.12. The van der Waals surface area contributed by atoms with Crippen molar-refractivity contribution in [3.8, 4) is 5.75 Å². The van der Waals surface area contributed by atoms with Crippen LogP contribution in [0.2, 0.25) is 0 Å². The first-order chi connectivity index (χ1) is 20.0. The molecular weight excluding hydrogens is 558 g/mol. The average molecular weight is 598 g/mol. The molecule has 0 aromatic heterocycles. The summed E-state index contributed by atoms with van der Waals surface area (Å²) in [6.07, 6.45) is 0.141. The van der Waals surface area contributed by atoms with Gasteiger partial charge in [0.05, 0.1) is 23.2 Å². The number of nitrogens with two attached hydrogens (primary N) is 1. The average Bonchev–Trinajstić information content (AvgIpc) is 2.86. The summed E-state index contributed by atoms with van der Waals surface area (Å²) in [5, 5.41) is 48.6. The number of primary amides is 1. The third-order valence-corrected chi connectivity index (χ3v) is 9.45. The van der Waals surface area contributed by atoms with Crippen molar-refractivity contribution >= 4 is 40.5 Å². The number of rotatable bonds is 6. The molecule has 1 unspecified atom stereocenters. The standard InChI is InChI=1S/C30H39N5O8/c1-12(2)35-10-14(11-35)29(42)32-17-9-18(33(3)4)15-7-13-8-16-22(34(5)6)25(38)21(28(31)41)27(40)30(16,43)26(39)19(13)24(37)20(15)23(17)36/h9,12-14,16,22,36-37,40,43H,7-8,10-11H2,1-6H3,(H2,31,41)(H,32,42)/t13?,16-,22-,30-/m0/s1. The molecule has 0 radical (unpaired) electrons. The van der Waals surface area contributed by atoms with Gasteiger partial charge in [0.1, 0.15) is 22.8 Å². The summed E-state index contributed by atoms with van der Waals surface area (Å²) < 4.78 is 0. The zero-order valence-electron chi connectivity index (χ0n) is 25.1. The van der Waals surface area contributed by atoms with Gasteiger partial charge in [-0.2, -0.15) is 0 Å². The number of phenolic OH excluding ortho intramolecular Hbond substituents is 1. The zero-order valence-corrected chi connectivity index (χ0v) is 25.1. The van der Waals surface area contributed by atoms with E-state index in [4.69, 9.17) is 5.73 Å². The molecule has 1 heterocycles. The maximum atomic E-state index is 14.1. The lowest BCUT2D eigenvalue weighted by atomic mass is 9.57. The molecule has 13 nitrogen and oxygen atoms in total. The number of amides is 2. The van der Waals surface area contributed by atoms with Crippen molar-refractivity contribution in [3.05, 3.63) is 34.1 Å². The van der Waals surface area contributed by atoms with Gasteiger partial charge in [-0.15, -0.1) is 0 Å². The highest BCUT2D eigenvalue weighted by atomic mass is 16.3. The second kappa shape index (κ2) is 10.4. The van der Waals surface area contributed by atoms with E-state index in [-0.39, 0.29) is 41.5 Å². The summed E-state index contributed by atoms with van der Waals surface area (Å²) in [4.78, 5) is 57.9. The second-order valence-electron chi connectivity index (χ2n) is 12.7. The summed E-state index contributed by atoms with van der Waals surface area (Å²) >= 11 is 0. The molecule has 43 heavy (non-hydrogen) atoms. The van der Waals surface area contributed by atoms with Crippen LogP contribution in [0, 0.1) is 17.8 Å². The minimum atomic E-state index is -2.72. The lowest BCUT2D eigenvalue weighted by Crippen LogP contribution is -2.65. The lowest BCUT2D eigenvalue weighted by Gasteiger charge is -2.50. The van der Waals surface area contributed by atoms with E-state index in [2.05, 4.69) is 10.2 Å². The van der Waals surface area contributed by atoms with Crippen LogP contribution in [0.25, 0.3) is 5.76 Å². The fourth-order valence-electron chi connectivity index (χ4n) is 7.12. The number of anilines is 2. The maximum Gasteiger partial charge on any atom is 0.255 e. The Hall–Kier alpha value is -3.94. The molecule has 1 aromatic carbocycles. The predicted molar refractivity (Wildman–Crippen MR) is 157 cm³/mol. The quantitative estimate of drug-likeness (QED) is 0.195. The Bertz CT molecular complexity index is 1510. The summed E-state index contributed by atoms with van der Waals surface area (Å²) in [6, 6.07) is 0.754. The number of nitrogens with zero attached hydrogens (tertiary/aromatic N) is 3. The van der Waals surface area contributed by atoms with E-state index in [0.717, 1.165) is 0 Å². The first-order valence-corrected chi connectivity index (χ1v) is 14.3. The topological polar surface area (TPSA) is 197 Å². The number of carbonyl (C=O) groups is 4. The Balaban J connectivity index is 1.63. The molecular formula is C30H39N5O8. The van der Waals surface area contributed by atoms with E-state index in [0.29, 0.717) is 30.4 Å². The third kappa shape index (κ3) is 4.40. The first-order valence-electron chi connectivity index (χ1n) is 14.3. The van der Waals surface area contributed by atoms with Gasteiger partial charge in [-0.1, -0.05) is 0 Å². The van der Waals surface area contributed by atoms with Gasteiger partial charge in [-0.3, -0.25) is 29.0 Å². The molecule has 4 atom stereocenters. The monoisotopic (exact) mass is 597 g/mol. The van der Waals surface area contributed by atoms with Crippen molar-refractivity contribution in [3.63, 3.8) is 0 Å². The molecule has 1 aliphatic heterocycles. The molecule has 1 saturated carbocycles. The number of Topliss-reactive ketones (excluding diaryl/α,β-unsaturated/α-hetero) is 2. The first kappa shape index (κ1) is 30.5. The van der Waals surface area contributed by atoms with Crippen molar-refractivity contribution in [2.24, 2.45) is 23.5 Å². The molecule has 2 fully saturated rings. The Morgan fingerprint density at radius 3 is 2.28 bits per heavy atom. The van der Waals surface area contributed by atoms with Crippen LogP contribution in [-0.4, -0.2) is 113 Å². The highest BCUT2D eigenvalue weighted by Crippen LogP contribution is 2.54. The number of nitrogens with one attached hydrogen (secondary N) is 1. The molecule has 5 rings (SSSR count). The van der Waals surface area contributed by atoms with Crippen LogP contribution in [0.3, 0.4) is 0 Å². The number of hydrogen-bond acceptors (Lipinski definition) is 11. The molecule has 3 aliphatic carbocycles. The number of ketones is 2. The molecule has 13 heteroatoms. The number of hydrogen-bond donors (Lipinski definition) is 6. The van der Waals surface area contributed by atoms with Crippen LogP contribution in [0.5, 0.6) is 5.75 Å². The molecule has 4 aliphatic rings. The second-order valence-corrected chi connectivity index (χ2v) is 12.7. The number of phenols is 1. The van der Waals surface area contributed by atoms with Crippen LogP contribution >= 0.6 is 0 Å². The SMILES string of the molecule is CC(C)N1CC(C(=O)Nc2cc(N(C)C)c3c(c2O)C(O)=C2C(=O)[C@]4(O)C(O)=C(C(N)=O)C(=O)[C@@H](N(C)C)[C@@H]4CC2C3)C1. The Labute approximate surface area is 249 Å². The molecule has 0 spiro atoms. The van der Waals surface area contributed by atoms with E-state index in [1.165, 1.54) is 4.90 Å². The number of carbonyl (C=O) groups excluding carboxylic acids is 4. The van der Waals surface area contributed by atoms with Crippen molar-refractivity contribution in [1.29, 1.82) is 0 Å². The Morgan fingerprint density at radius 1 is 1.12 bits per heavy atom.